The van der Waals surface area contributed by atoms with Gasteiger partial charge in [0.2, 0.25) is 0 Å². The first-order valence-electron chi connectivity index (χ1n) is 20.9. The summed E-state index contributed by atoms with van der Waals surface area (Å²) in [7, 11) is 0. The summed E-state index contributed by atoms with van der Waals surface area (Å²) in [5.74, 6) is 0. The molecule has 62 heavy (non-hydrogen) atoms. The summed E-state index contributed by atoms with van der Waals surface area (Å²) in [5, 5.41) is 32.0. The van der Waals surface area contributed by atoms with E-state index in [1.807, 2.05) is 18.2 Å². The molecule has 286 valence electrons. The third kappa shape index (κ3) is 4.41. The fourth-order valence-electron chi connectivity index (χ4n) is 10.6. The van der Waals surface area contributed by atoms with Crippen LogP contribution in [-0.2, 0) is 6.42 Å². The third-order valence-electron chi connectivity index (χ3n) is 13.0. The van der Waals surface area contributed by atoms with Gasteiger partial charge in [0, 0.05) is 48.8 Å². The number of hydrogen-bond acceptors (Lipinski definition) is 2. The number of rotatable bonds is 4. The molecule has 13 rings (SSSR count). The number of hydrogen-bond donors (Lipinski definition) is 0. The van der Waals surface area contributed by atoms with Crippen LogP contribution in [0.2, 0.25) is 0 Å². The molecule has 11 aromatic rings. The molecule has 2 aliphatic carbocycles. The Balaban J connectivity index is 1.41. The van der Waals surface area contributed by atoms with Crippen molar-refractivity contribution in [2.45, 2.75) is 12.8 Å². The Bertz CT molecular complexity index is 4040. The topological polar surface area (TPSA) is 67.3 Å². The average Bonchev–Trinajstić information content (AvgIpc) is 4.06. The number of nitriles is 2. The quantitative estimate of drug-likeness (QED) is 0.167. The number of nitrogens with zero attached hydrogens (tertiary/aromatic N) is 6. The minimum atomic E-state index is 0.283. The van der Waals surface area contributed by atoms with Crippen LogP contribution in [0.3, 0.4) is 0 Å². The molecular formula is C56H32N6. The van der Waals surface area contributed by atoms with Crippen LogP contribution in [0.15, 0.2) is 163 Å². The molecule has 0 N–H and O–H groups in total. The van der Waals surface area contributed by atoms with Crippen molar-refractivity contribution < 1.29 is 0 Å². The molecule has 0 radical (unpaired) electrons. The van der Waals surface area contributed by atoms with Crippen LogP contribution >= 0.6 is 0 Å². The van der Waals surface area contributed by atoms with E-state index in [2.05, 4.69) is 194 Å². The molecule has 0 aliphatic heterocycles. The lowest BCUT2D eigenvalue weighted by molar-refractivity contribution is 0.870. The van der Waals surface area contributed by atoms with E-state index in [9.17, 15) is 10.5 Å². The van der Waals surface area contributed by atoms with Crippen molar-refractivity contribution in [3.8, 4) is 34.9 Å². The lowest BCUT2D eigenvalue weighted by Crippen LogP contribution is -2.30. The van der Waals surface area contributed by atoms with Crippen LogP contribution in [0.1, 0.15) is 28.8 Å². The highest BCUT2D eigenvalue weighted by molar-refractivity contribution is 6.12. The number of benzene rings is 7. The van der Waals surface area contributed by atoms with E-state index in [1.54, 1.807) is 0 Å². The highest BCUT2D eigenvalue weighted by Gasteiger charge is 2.35. The number of allylic oxidation sites excluding steroid dienone is 2. The summed E-state index contributed by atoms with van der Waals surface area (Å²) in [5.41, 5.74) is 18.3. The van der Waals surface area contributed by atoms with E-state index in [-0.39, 0.29) is 5.56 Å². The number of fused-ring (bicyclic) bond motifs is 12. The maximum atomic E-state index is 11.9. The van der Waals surface area contributed by atoms with Crippen molar-refractivity contribution in [1.29, 1.82) is 10.5 Å². The van der Waals surface area contributed by atoms with Crippen LogP contribution in [0.5, 0.6) is 0 Å². The van der Waals surface area contributed by atoms with E-state index in [4.69, 9.17) is 0 Å². The van der Waals surface area contributed by atoms with Gasteiger partial charge >= 0.3 is 0 Å². The van der Waals surface area contributed by atoms with E-state index in [0.717, 1.165) is 111 Å². The van der Waals surface area contributed by atoms with Gasteiger partial charge in [-0.1, -0.05) is 127 Å². The highest BCUT2D eigenvalue weighted by atomic mass is 15.1. The van der Waals surface area contributed by atoms with Crippen LogP contribution in [0.25, 0.3) is 106 Å². The molecule has 0 bridgehead atoms. The molecule has 4 aromatic heterocycles. The van der Waals surface area contributed by atoms with E-state index in [0.29, 0.717) is 16.9 Å². The lowest BCUT2D eigenvalue weighted by atomic mass is 9.98. The first-order valence-corrected chi connectivity index (χ1v) is 20.9. The Morgan fingerprint density at radius 2 is 0.871 bits per heavy atom. The number of aromatic nitrogens is 4. The Hall–Kier alpha value is -8.76. The Morgan fingerprint density at radius 1 is 0.452 bits per heavy atom. The summed E-state index contributed by atoms with van der Waals surface area (Å²) >= 11 is 0. The van der Waals surface area contributed by atoms with Crippen LogP contribution in [0, 0.1) is 22.7 Å². The van der Waals surface area contributed by atoms with Gasteiger partial charge in [-0.3, -0.25) is 4.57 Å². The zero-order valence-electron chi connectivity index (χ0n) is 33.3. The molecule has 0 saturated carbocycles. The van der Waals surface area contributed by atoms with Crippen molar-refractivity contribution in [1.82, 2.24) is 18.3 Å². The minimum Gasteiger partial charge on any atom is -0.309 e. The van der Waals surface area contributed by atoms with Gasteiger partial charge in [0.05, 0.1) is 67.0 Å². The summed E-state index contributed by atoms with van der Waals surface area (Å²) in [4.78, 5) is 0. The van der Waals surface area contributed by atoms with E-state index < -0.39 is 0 Å². The molecule has 0 amide bonds. The summed E-state index contributed by atoms with van der Waals surface area (Å²) in [6.07, 6.45) is 10.2. The van der Waals surface area contributed by atoms with Crippen molar-refractivity contribution >= 4 is 83.3 Å². The van der Waals surface area contributed by atoms with E-state index >= 15 is 0 Å². The molecule has 0 spiro atoms. The molecular weight excluding hydrogens is 757 g/mol. The molecule has 0 fully saturated rings. The van der Waals surface area contributed by atoms with Crippen LogP contribution in [-0.4, -0.2) is 18.3 Å². The molecule has 0 atom stereocenters. The van der Waals surface area contributed by atoms with Gasteiger partial charge < -0.3 is 13.7 Å². The van der Waals surface area contributed by atoms with E-state index in [1.165, 1.54) is 0 Å². The largest absolute Gasteiger partial charge is 0.309 e. The summed E-state index contributed by atoms with van der Waals surface area (Å²) in [6.45, 7) is 0. The van der Waals surface area contributed by atoms with Gasteiger partial charge in [0.15, 0.2) is 0 Å². The van der Waals surface area contributed by atoms with Gasteiger partial charge in [0.25, 0.3) is 0 Å². The molecule has 7 aromatic carbocycles. The standard InChI is InChI=1S/C56H32N6/c57-33-43-44(34-58)54(60-47-27-11-3-19-37(47)38-20-4-12-28-48(38)60)56(62-51-31-15-7-23-41(51)42-24-8-16-32-52(42)62)55(61-49-29-13-5-21-39(49)40-22-6-14-30-50(40)61)53(43)59-45-25-9-1-17-35(45)36-18-2-10-26-46(36)59/h1-13,15,17-29,31H,14,30H2. The Labute approximate surface area is 354 Å². The van der Waals surface area contributed by atoms with Crippen molar-refractivity contribution in [3.63, 3.8) is 0 Å². The van der Waals surface area contributed by atoms with Gasteiger partial charge in [-0.05, 0) is 67.1 Å². The monoisotopic (exact) mass is 788 g/mol. The fourth-order valence-corrected chi connectivity index (χ4v) is 10.6. The Morgan fingerprint density at radius 3 is 1.37 bits per heavy atom. The smallest absolute Gasteiger partial charge is 0.105 e. The van der Waals surface area contributed by atoms with Crippen molar-refractivity contribution in [2.24, 2.45) is 0 Å². The Kier molecular flexibility index (Phi) is 7.09. The van der Waals surface area contributed by atoms with Gasteiger partial charge in [-0.15, -0.1) is 0 Å². The first kappa shape index (κ1) is 34.1. The average molecular weight is 789 g/mol. The maximum Gasteiger partial charge on any atom is 0.105 e. The number of para-hydroxylation sites is 6. The van der Waals surface area contributed by atoms with Gasteiger partial charge in [-0.2, -0.15) is 10.5 Å². The fraction of sp³-hybridized carbons (Fsp3) is 0.0357. The second kappa shape index (κ2) is 12.9. The van der Waals surface area contributed by atoms with Gasteiger partial charge in [0.1, 0.15) is 17.5 Å². The predicted octanol–water partition coefficient (Wildman–Crippen LogP) is 11.4. The lowest BCUT2D eigenvalue weighted by Gasteiger charge is -2.28. The third-order valence-corrected chi connectivity index (χ3v) is 13.0. The summed E-state index contributed by atoms with van der Waals surface area (Å²) < 4.78 is 9.16. The highest BCUT2D eigenvalue weighted by Crippen LogP contribution is 2.47. The zero-order valence-corrected chi connectivity index (χ0v) is 33.3. The van der Waals surface area contributed by atoms with Crippen molar-refractivity contribution in [2.75, 3.05) is 0 Å². The zero-order chi connectivity index (χ0) is 41.1. The minimum absolute atomic E-state index is 0.283. The molecule has 6 heteroatoms. The molecule has 0 unspecified atom stereocenters. The molecule has 6 nitrogen and oxygen atoms in total. The predicted molar refractivity (Wildman–Crippen MR) is 251 cm³/mol. The molecule has 2 aliphatic rings. The van der Waals surface area contributed by atoms with Crippen LogP contribution in [0.4, 0.5) is 0 Å². The second-order valence-corrected chi connectivity index (χ2v) is 16.0. The first-order chi connectivity index (χ1) is 30.8. The van der Waals surface area contributed by atoms with Crippen LogP contribution < -0.4 is 10.6 Å². The maximum absolute atomic E-state index is 11.9. The molecule has 4 heterocycles. The van der Waals surface area contributed by atoms with Crippen molar-refractivity contribution in [3.05, 3.63) is 196 Å². The van der Waals surface area contributed by atoms with Gasteiger partial charge in [-0.25, -0.2) is 0 Å². The second-order valence-electron chi connectivity index (χ2n) is 16.0. The normalized spacial score (nSPS) is 12.9. The SMILES string of the molecule is N#Cc1c(C#N)c(-n2c3ccccc3c3ccccc32)c(-n2c3c(c4ccccc42)=CC=C=C=3)c(-n2c3c(c4ccccc42)C=CCC3)c1-n1c2ccccc2c2ccccc21. The summed E-state index contributed by atoms with van der Waals surface area (Å²) in [6, 6.07) is 56.0. The molecule has 0 saturated heterocycles.